The highest BCUT2D eigenvalue weighted by Crippen LogP contribution is 2.13. The first-order valence-corrected chi connectivity index (χ1v) is 9.66. The molecular weight excluding hydrogens is 469 g/mol. The van der Waals surface area contributed by atoms with Crippen LogP contribution in [0.1, 0.15) is 26.3 Å². The number of amides is 1. The summed E-state index contributed by atoms with van der Waals surface area (Å²) in [6.45, 7) is 11.5. The number of ether oxygens (including phenoxy) is 1. The first-order chi connectivity index (χ1) is 13.0. The molecule has 0 aliphatic rings. The Labute approximate surface area is 186 Å². The van der Waals surface area contributed by atoms with Crippen LogP contribution in [0.5, 0.6) is 5.75 Å². The molecule has 0 bridgehead atoms. The number of aliphatic imine (C=N–C) groups is 1. The molecule has 1 aromatic rings. The van der Waals surface area contributed by atoms with Crippen molar-refractivity contribution < 1.29 is 9.53 Å². The molecule has 0 aliphatic heterocycles. The van der Waals surface area contributed by atoms with Gasteiger partial charge >= 0.3 is 0 Å². The fourth-order valence-corrected chi connectivity index (χ4v) is 2.35. The molecule has 0 saturated carbocycles. The lowest BCUT2D eigenvalue weighted by atomic mass is 10.2. The highest BCUT2D eigenvalue weighted by molar-refractivity contribution is 14.0. The standard InChI is InChI=1S/C20H35N5O2.HI/c1-6-21-20(23-16-19(26)24(4)5)22-15-17-9-11-18(12-10-17)27-14-13-25(7-2)8-3;/h9-12H,6-8,13-16H2,1-5H3,(H2,21,22,23);1H. The number of carbonyl (C=O) groups excluding carboxylic acids is 1. The van der Waals surface area contributed by atoms with Crippen LogP contribution in [0.4, 0.5) is 0 Å². The van der Waals surface area contributed by atoms with Gasteiger partial charge in [0, 0.05) is 27.2 Å². The lowest BCUT2D eigenvalue weighted by molar-refractivity contribution is -0.127. The topological polar surface area (TPSA) is 69.2 Å². The zero-order valence-electron chi connectivity index (χ0n) is 17.8. The number of carbonyl (C=O) groups is 1. The number of hydrogen-bond donors (Lipinski definition) is 2. The summed E-state index contributed by atoms with van der Waals surface area (Å²) in [5.74, 6) is 1.51. The Kier molecular flexibility index (Phi) is 14.5. The van der Waals surface area contributed by atoms with Crippen molar-refractivity contribution in [3.63, 3.8) is 0 Å². The van der Waals surface area contributed by atoms with Gasteiger partial charge < -0.3 is 25.2 Å². The number of nitrogens with zero attached hydrogens (tertiary/aromatic N) is 3. The molecule has 0 aromatic heterocycles. The van der Waals surface area contributed by atoms with E-state index >= 15 is 0 Å². The Balaban J connectivity index is 0.00000729. The summed E-state index contributed by atoms with van der Waals surface area (Å²) in [5.41, 5.74) is 1.09. The molecule has 1 aromatic carbocycles. The molecule has 7 nitrogen and oxygen atoms in total. The minimum atomic E-state index is 0. The summed E-state index contributed by atoms with van der Waals surface area (Å²) in [6, 6.07) is 7.99. The summed E-state index contributed by atoms with van der Waals surface area (Å²) in [6.07, 6.45) is 0. The van der Waals surface area contributed by atoms with Crippen molar-refractivity contribution in [2.45, 2.75) is 27.3 Å². The largest absolute Gasteiger partial charge is 0.492 e. The van der Waals surface area contributed by atoms with Gasteiger partial charge in [-0.1, -0.05) is 26.0 Å². The zero-order valence-corrected chi connectivity index (χ0v) is 20.2. The van der Waals surface area contributed by atoms with Crippen molar-refractivity contribution in [1.82, 2.24) is 20.4 Å². The van der Waals surface area contributed by atoms with Crippen molar-refractivity contribution in [1.29, 1.82) is 0 Å². The third kappa shape index (κ3) is 10.7. The van der Waals surface area contributed by atoms with Gasteiger partial charge in [0.1, 0.15) is 12.4 Å². The maximum Gasteiger partial charge on any atom is 0.241 e. The van der Waals surface area contributed by atoms with E-state index in [4.69, 9.17) is 4.74 Å². The fourth-order valence-electron chi connectivity index (χ4n) is 2.35. The van der Waals surface area contributed by atoms with Gasteiger partial charge in [0.15, 0.2) is 5.96 Å². The summed E-state index contributed by atoms with van der Waals surface area (Å²) in [5, 5.41) is 6.20. The Hall–Kier alpha value is -1.55. The number of benzene rings is 1. The third-order valence-corrected chi connectivity index (χ3v) is 4.16. The monoisotopic (exact) mass is 505 g/mol. The van der Waals surface area contributed by atoms with Crippen LogP contribution in [-0.2, 0) is 11.3 Å². The van der Waals surface area contributed by atoms with Gasteiger partial charge in [0.05, 0.1) is 13.1 Å². The maximum absolute atomic E-state index is 11.7. The molecule has 0 fully saturated rings. The predicted octanol–water partition coefficient (Wildman–Crippen LogP) is 2.17. The molecule has 0 spiro atoms. The number of likely N-dealkylation sites (N-methyl/N-ethyl adjacent to an activating group) is 2. The molecule has 0 saturated heterocycles. The van der Waals surface area contributed by atoms with E-state index in [1.54, 1.807) is 19.0 Å². The van der Waals surface area contributed by atoms with Crippen LogP contribution in [0.25, 0.3) is 0 Å². The maximum atomic E-state index is 11.7. The van der Waals surface area contributed by atoms with E-state index in [0.717, 1.165) is 37.5 Å². The average Bonchev–Trinajstić information content (AvgIpc) is 2.68. The van der Waals surface area contributed by atoms with Crippen LogP contribution in [0.15, 0.2) is 29.3 Å². The second-order valence-electron chi connectivity index (χ2n) is 6.36. The Bertz CT molecular complexity index is 574. The molecule has 0 atom stereocenters. The van der Waals surface area contributed by atoms with Gasteiger partial charge in [0.25, 0.3) is 0 Å². The molecule has 8 heteroatoms. The number of hydrogen-bond acceptors (Lipinski definition) is 4. The van der Waals surface area contributed by atoms with E-state index < -0.39 is 0 Å². The smallest absolute Gasteiger partial charge is 0.241 e. The van der Waals surface area contributed by atoms with Crippen LogP contribution >= 0.6 is 24.0 Å². The first kappa shape index (κ1) is 26.4. The van der Waals surface area contributed by atoms with Crippen molar-refractivity contribution in [2.75, 3.05) is 53.4 Å². The van der Waals surface area contributed by atoms with Gasteiger partial charge in [-0.2, -0.15) is 0 Å². The zero-order chi connectivity index (χ0) is 20.1. The molecular formula is C20H36IN5O2. The lowest BCUT2D eigenvalue weighted by Gasteiger charge is -2.18. The first-order valence-electron chi connectivity index (χ1n) is 9.66. The molecule has 0 radical (unpaired) electrons. The fraction of sp³-hybridized carbons (Fsp3) is 0.600. The van der Waals surface area contributed by atoms with Gasteiger partial charge in [-0.05, 0) is 37.7 Å². The Morgan fingerprint density at radius 3 is 2.25 bits per heavy atom. The molecule has 2 N–H and O–H groups in total. The van der Waals surface area contributed by atoms with Crippen LogP contribution in [0.3, 0.4) is 0 Å². The third-order valence-electron chi connectivity index (χ3n) is 4.16. The average molecular weight is 505 g/mol. The van der Waals surface area contributed by atoms with E-state index in [2.05, 4.69) is 34.4 Å². The lowest BCUT2D eigenvalue weighted by Crippen LogP contribution is -2.42. The molecule has 28 heavy (non-hydrogen) atoms. The van der Waals surface area contributed by atoms with E-state index in [1.807, 2.05) is 31.2 Å². The number of guanidine groups is 1. The summed E-state index contributed by atoms with van der Waals surface area (Å²) < 4.78 is 5.80. The quantitative estimate of drug-likeness (QED) is 0.274. The van der Waals surface area contributed by atoms with Gasteiger partial charge in [-0.3, -0.25) is 4.79 Å². The van der Waals surface area contributed by atoms with E-state index in [-0.39, 0.29) is 36.4 Å². The minimum Gasteiger partial charge on any atom is -0.492 e. The van der Waals surface area contributed by atoms with E-state index in [9.17, 15) is 4.79 Å². The summed E-state index contributed by atoms with van der Waals surface area (Å²) >= 11 is 0. The second-order valence-corrected chi connectivity index (χ2v) is 6.36. The van der Waals surface area contributed by atoms with Crippen molar-refractivity contribution in [2.24, 2.45) is 4.99 Å². The van der Waals surface area contributed by atoms with E-state index in [1.165, 1.54) is 0 Å². The van der Waals surface area contributed by atoms with Crippen LogP contribution in [0.2, 0.25) is 0 Å². The molecule has 160 valence electrons. The highest BCUT2D eigenvalue weighted by atomic mass is 127. The number of nitrogens with one attached hydrogen (secondary N) is 2. The predicted molar refractivity (Wildman–Crippen MR) is 127 cm³/mol. The molecule has 0 unspecified atom stereocenters. The van der Waals surface area contributed by atoms with Gasteiger partial charge in [-0.15, -0.1) is 24.0 Å². The van der Waals surface area contributed by atoms with Crippen LogP contribution < -0.4 is 15.4 Å². The van der Waals surface area contributed by atoms with Crippen molar-refractivity contribution in [3.05, 3.63) is 29.8 Å². The van der Waals surface area contributed by atoms with Crippen LogP contribution in [0, 0.1) is 0 Å². The van der Waals surface area contributed by atoms with Crippen LogP contribution in [-0.4, -0.2) is 75.1 Å². The number of rotatable bonds is 11. The van der Waals surface area contributed by atoms with Gasteiger partial charge in [0.2, 0.25) is 5.91 Å². The Morgan fingerprint density at radius 2 is 1.71 bits per heavy atom. The SMILES string of the molecule is CCNC(=NCc1ccc(OCCN(CC)CC)cc1)NCC(=O)N(C)C.I. The molecule has 1 amide bonds. The minimum absolute atomic E-state index is 0. The summed E-state index contributed by atoms with van der Waals surface area (Å²) in [7, 11) is 3.47. The van der Waals surface area contributed by atoms with E-state index in [0.29, 0.717) is 19.1 Å². The Morgan fingerprint density at radius 1 is 1.07 bits per heavy atom. The van der Waals surface area contributed by atoms with Crippen molar-refractivity contribution >= 4 is 35.8 Å². The molecule has 1 rings (SSSR count). The summed E-state index contributed by atoms with van der Waals surface area (Å²) in [4.78, 5) is 20.1. The van der Waals surface area contributed by atoms with Gasteiger partial charge in [-0.25, -0.2) is 4.99 Å². The normalized spacial score (nSPS) is 11.0. The second kappa shape index (κ2) is 15.4. The van der Waals surface area contributed by atoms with Crippen molar-refractivity contribution in [3.8, 4) is 5.75 Å². The number of halogens is 1. The molecule has 0 aliphatic carbocycles. The molecule has 0 heterocycles. The highest BCUT2D eigenvalue weighted by Gasteiger charge is 2.05.